The number of aromatic nitrogens is 1. The second-order valence-corrected chi connectivity index (χ2v) is 11.6. The minimum atomic E-state index is -0.956. The lowest BCUT2D eigenvalue weighted by Crippen LogP contribution is -2.47. The van der Waals surface area contributed by atoms with Gasteiger partial charge in [0.2, 0.25) is 11.8 Å². The predicted molar refractivity (Wildman–Crippen MR) is 199 cm³/mol. The van der Waals surface area contributed by atoms with Gasteiger partial charge in [-0.15, -0.1) is 0 Å². The Morgan fingerprint density at radius 2 is 0.962 bits per heavy atom. The molecule has 3 rings (SSSR count). The number of benzene rings is 2. The quantitative estimate of drug-likeness (QED) is 0.0444. The number of nitrogens with zero attached hydrogens (tertiary/aromatic N) is 3. The lowest BCUT2D eigenvalue weighted by atomic mass is 10.2. The first-order chi connectivity index (χ1) is 24.7. The fourth-order valence-electron chi connectivity index (χ4n) is 4.07. The Morgan fingerprint density at radius 3 is 1.31 bits per heavy atom. The third-order valence-corrected chi connectivity index (χ3v) is 7.28. The van der Waals surface area contributed by atoms with E-state index in [1.807, 2.05) is 0 Å². The van der Waals surface area contributed by atoms with Crippen LogP contribution in [0.15, 0.2) is 66.7 Å². The maximum Gasteiger partial charge on any atom is 0.270 e. The highest BCUT2D eigenvalue weighted by Gasteiger charge is 2.21. The Balaban J connectivity index is 1.35. The molecule has 0 aliphatic rings. The van der Waals surface area contributed by atoms with E-state index in [4.69, 9.17) is 24.4 Å². The molecule has 0 unspecified atom stereocenters. The van der Waals surface area contributed by atoms with Crippen LogP contribution in [-0.4, -0.2) is 86.9 Å². The molecule has 0 saturated heterocycles. The summed E-state index contributed by atoms with van der Waals surface area (Å²) in [6.07, 6.45) is 0. The molecule has 0 spiro atoms. The molecule has 1 aromatic heterocycles. The largest absolute Gasteiger partial charge is 0.361 e. The Labute approximate surface area is 307 Å². The van der Waals surface area contributed by atoms with Gasteiger partial charge in [0.15, 0.2) is 10.2 Å². The normalized spacial score (nSPS) is 11.4. The van der Waals surface area contributed by atoms with Crippen molar-refractivity contribution in [3.05, 3.63) is 98.3 Å². The van der Waals surface area contributed by atoms with Crippen molar-refractivity contribution in [2.45, 2.75) is 25.9 Å². The summed E-state index contributed by atoms with van der Waals surface area (Å²) < 4.78 is 0. The number of thiocarbonyl (C=S) groups is 2. The minimum absolute atomic E-state index is 0.0575. The standard InChI is InChI=1S/C31H35N11O8S2/c1-18(26(43)32-14-16-34-30(51)38-20-6-10-22(11-7-20)41(47)48)36-28(45)24-4-3-5-25(40-24)29(46)37-19(2)27(44)33-15-17-35-31(52)39-21-8-12-23(13-9-21)42(49)50/h3-13,18-19H,14-17H2,1-2H3,(H,32,43)(H,33,44)(H,36,45)(H,37,46)(H2,34,38,51)(H2,35,39,52)/t18-,19-/m0/s1. The topological polar surface area (TPSA) is 264 Å². The summed E-state index contributed by atoms with van der Waals surface area (Å²) in [6, 6.07) is 13.6. The number of hydrogen-bond donors (Lipinski definition) is 8. The van der Waals surface area contributed by atoms with Gasteiger partial charge < -0.3 is 42.5 Å². The molecule has 0 saturated carbocycles. The summed E-state index contributed by atoms with van der Waals surface area (Å²) in [5.74, 6) is -2.39. The molecule has 2 aromatic carbocycles. The SMILES string of the molecule is C[C@H](NC(=O)c1cccc(C(=O)N[C@@H](C)C(=O)NCCNC(=S)Nc2ccc([N+](=O)[O-])cc2)n1)C(=O)NCCNC(=S)Nc1ccc([N+](=O)[O-])cc1. The number of rotatable bonds is 16. The number of nitro benzene ring substituents is 2. The third-order valence-electron chi connectivity index (χ3n) is 6.79. The molecule has 4 amide bonds. The number of carbonyl (C=O) groups excluding carboxylic acids is 4. The molecule has 52 heavy (non-hydrogen) atoms. The van der Waals surface area contributed by atoms with Crippen molar-refractivity contribution in [3.8, 4) is 0 Å². The second kappa shape index (κ2) is 19.7. The third kappa shape index (κ3) is 13.2. The highest BCUT2D eigenvalue weighted by Crippen LogP contribution is 2.16. The molecule has 0 aliphatic heterocycles. The number of carbonyl (C=O) groups is 4. The van der Waals surface area contributed by atoms with Crippen LogP contribution in [0.2, 0.25) is 0 Å². The fraction of sp³-hybridized carbons (Fsp3) is 0.258. The number of nitro groups is 2. The molecule has 0 aliphatic carbocycles. The Hall–Kier alpha value is -6.35. The van der Waals surface area contributed by atoms with E-state index < -0.39 is 45.6 Å². The van der Waals surface area contributed by atoms with Gasteiger partial charge in [-0.05, 0) is 74.7 Å². The van der Waals surface area contributed by atoms with Gasteiger partial charge in [0, 0.05) is 61.8 Å². The van der Waals surface area contributed by atoms with E-state index in [1.54, 1.807) is 0 Å². The lowest BCUT2D eigenvalue weighted by molar-refractivity contribution is -0.385. The molecule has 3 aromatic rings. The van der Waals surface area contributed by atoms with Crippen LogP contribution in [0.4, 0.5) is 22.7 Å². The first-order valence-corrected chi connectivity index (χ1v) is 16.3. The molecule has 19 nitrogen and oxygen atoms in total. The second-order valence-electron chi connectivity index (χ2n) is 10.8. The number of anilines is 2. The summed E-state index contributed by atoms with van der Waals surface area (Å²) in [5.41, 5.74) is 0.713. The average molecular weight is 754 g/mol. The number of nitrogens with one attached hydrogen (secondary N) is 8. The van der Waals surface area contributed by atoms with Gasteiger partial charge in [-0.1, -0.05) is 6.07 Å². The van der Waals surface area contributed by atoms with Crippen molar-refractivity contribution in [1.29, 1.82) is 0 Å². The zero-order valence-electron chi connectivity index (χ0n) is 27.8. The maximum atomic E-state index is 12.8. The number of hydrogen-bond acceptors (Lipinski definition) is 11. The van der Waals surface area contributed by atoms with Crippen molar-refractivity contribution >= 4 is 81.0 Å². The van der Waals surface area contributed by atoms with E-state index >= 15 is 0 Å². The fourth-order valence-corrected chi connectivity index (χ4v) is 4.51. The smallest absolute Gasteiger partial charge is 0.270 e. The Morgan fingerprint density at radius 1 is 0.615 bits per heavy atom. The lowest BCUT2D eigenvalue weighted by Gasteiger charge is -2.16. The molecule has 274 valence electrons. The summed E-state index contributed by atoms with van der Waals surface area (Å²) in [4.78, 5) is 75.2. The van der Waals surface area contributed by atoms with E-state index in [0.717, 1.165) is 0 Å². The van der Waals surface area contributed by atoms with Crippen molar-refractivity contribution in [1.82, 2.24) is 36.9 Å². The van der Waals surface area contributed by atoms with E-state index in [9.17, 15) is 39.4 Å². The van der Waals surface area contributed by atoms with E-state index in [0.29, 0.717) is 11.4 Å². The van der Waals surface area contributed by atoms with Crippen LogP contribution in [-0.2, 0) is 9.59 Å². The summed E-state index contributed by atoms with van der Waals surface area (Å²) in [5, 5.41) is 43.8. The summed E-state index contributed by atoms with van der Waals surface area (Å²) >= 11 is 10.4. The first-order valence-electron chi connectivity index (χ1n) is 15.5. The Kier molecular flexibility index (Phi) is 15.2. The van der Waals surface area contributed by atoms with Gasteiger partial charge in [0.25, 0.3) is 23.2 Å². The van der Waals surface area contributed by atoms with Crippen LogP contribution in [0.1, 0.15) is 34.8 Å². The monoisotopic (exact) mass is 753 g/mol. The zero-order chi connectivity index (χ0) is 38.2. The summed E-state index contributed by atoms with van der Waals surface area (Å²) in [6.45, 7) is 3.75. The predicted octanol–water partition coefficient (Wildman–Crippen LogP) is 1.34. The van der Waals surface area contributed by atoms with Gasteiger partial charge in [0.05, 0.1) is 9.85 Å². The molecule has 2 atom stereocenters. The molecular weight excluding hydrogens is 719 g/mol. The van der Waals surface area contributed by atoms with Crippen LogP contribution in [0.5, 0.6) is 0 Å². The molecule has 0 fully saturated rings. The van der Waals surface area contributed by atoms with Crippen molar-refractivity contribution < 1.29 is 29.0 Å². The molecule has 0 radical (unpaired) electrons. The van der Waals surface area contributed by atoms with Crippen LogP contribution < -0.4 is 42.5 Å². The van der Waals surface area contributed by atoms with Gasteiger partial charge in [-0.2, -0.15) is 0 Å². The zero-order valence-corrected chi connectivity index (χ0v) is 29.4. The highest BCUT2D eigenvalue weighted by molar-refractivity contribution is 7.80. The van der Waals surface area contributed by atoms with Crippen LogP contribution in [0, 0.1) is 20.2 Å². The number of pyridine rings is 1. The van der Waals surface area contributed by atoms with Gasteiger partial charge in [-0.3, -0.25) is 39.4 Å². The highest BCUT2D eigenvalue weighted by atomic mass is 32.1. The van der Waals surface area contributed by atoms with Crippen molar-refractivity contribution in [2.75, 3.05) is 36.8 Å². The number of non-ortho nitro benzene ring substituents is 2. The molecule has 1 heterocycles. The molecule has 21 heteroatoms. The molecule has 8 N–H and O–H groups in total. The van der Waals surface area contributed by atoms with Gasteiger partial charge in [0.1, 0.15) is 23.5 Å². The number of amides is 4. The van der Waals surface area contributed by atoms with Crippen LogP contribution >= 0.6 is 24.4 Å². The van der Waals surface area contributed by atoms with Crippen molar-refractivity contribution in [2.24, 2.45) is 0 Å². The van der Waals surface area contributed by atoms with E-state index in [1.165, 1.54) is 80.6 Å². The van der Waals surface area contributed by atoms with E-state index in [-0.39, 0.29) is 59.2 Å². The van der Waals surface area contributed by atoms with Crippen LogP contribution in [0.25, 0.3) is 0 Å². The van der Waals surface area contributed by atoms with Crippen molar-refractivity contribution in [3.63, 3.8) is 0 Å². The average Bonchev–Trinajstić information content (AvgIpc) is 3.12. The molecular formula is C31H35N11O8S2. The van der Waals surface area contributed by atoms with Gasteiger partial charge >= 0.3 is 0 Å². The van der Waals surface area contributed by atoms with Gasteiger partial charge in [-0.25, -0.2) is 4.98 Å². The Bertz CT molecular complexity index is 1680. The first kappa shape index (κ1) is 40.1. The minimum Gasteiger partial charge on any atom is -0.361 e. The van der Waals surface area contributed by atoms with Crippen LogP contribution in [0.3, 0.4) is 0 Å². The maximum absolute atomic E-state index is 12.8. The molecule has 0 bridgehead atoms. The van der Waals surface area contributed by atoms with E-state index in [2.05, 4.69) is 47.5 Å². The summed E-state index contributed by atoms with van der Waals surface area (Å²) in [7, 11) is 0.